The van der Waals surface area contributed by atoms with E-state index >= 15 is 0 Å². The summed E-state index contributed by atoms with van der Waals surface area (Å²) in [6, 6.07) is 7.43. The van der Waals surface area contributed by atoms with Crippen molar-refractivity contribution in [3.05, 3.63) is 29.8 Å². The molecule has 4 heteroatoms. The molecule has 1 amide bonds. The van der Waals surface area contributed by atoms with Gasteiger partial charge in [-0.2, -0.15) is 0 Å². The molecule has 1 aromatic rings. The molecule has 2 rings (SSSR count). The molecular formula is C16H23NO3. The third-order valence-corrected chi connectivity index (χ3v) is 3.95. The Morgan fingerprint density at radius 2 is 1.90 bits per heavy atom. The maximum Gasteiger partial charge on any atom is 0.254 e. The molecule has 0 spiro atoms. The van der Waals surface area contributed by atoms with E-state index in [4.69, 9.17) is 4.74 Å². The summed E-state index contributed by atoms with van der Waals surface area (Å²) in [5.74, 6) is 0.751. The predicted octanol–water partition coefficient (Wildman–Crippen LogP) is 2.46. The standard InChI is InChI=1S/C16H23NO3/c1-20-15-9-7-13(8-10-15)16(19)17(11-12-18)14-5-3-2-4-6-14/h7-10,14,18H,2-6,11-12H2,1H3. The molecule has 0 aromatic heterocycles. The van der Waals surface area contributed by atoms with Crippen LogP contribution in [0.4, 0.5) is 0 Å². The predicted molar refractivity (Wildman–Crippen MR) is 78.0 cm³/mol. The smallest absolute Gasteiger partial charge is 0.254 e. The number of rotatable bonds is 5. The first-order valence-electron chi connectivity index (χ1n) is 7.32. The summed E-state index contributed by atoms with van der Waals surface area (Å²) in [5, 5.41) is 9.23. The average molecular weight is 277 g/mol. The van der Waals surface area contributed by atoms with Gasteiger partial charge in [0, 0.05) is 18.2 Å². The molecule has 4 nitrogen and oxygen atoms in total. The Labute approximate surface area is 120 Å². The molecule has 1 N–H and O–H groups in total. The Bertz CT molecular complexity index is 424. The van der Waals surface area contributed by atoms with Crippen molar-refractivity contribution in [3.63, 3.8) is 0 Å². The van der Waals surface area contributed by atoms with Gasteiger partial charge in [0.25, 0.3) is 5.91 Å². The summed E-state index contributed by atoms with van der Waals surface area (Å²) in [6.45, 7) is 0.425. The average Bonchev–Trinajstić information content (AvgIpc) is 2.53. The largest absolute Gasteiger partial charge is 0.497 e. The van der Waals surface area contributed by atoms with Gasteiger partial charge in [-0.25, -0.2) is 0 Å². The quantitative estimate of drug-likeness (QED) is 0.899. The van der Waals surface area contributed by atoms with Crippen molar-refractivity contribution >= 4 is 5.91 Å². The van der Waals surface area contributed by atoms with E-state index in [-0.39, 0.29) is 18.6 Å². The van der Waals surface area contributed by atoms with Crippen molar-refractivity contribution in [2.45, 2.75) is 38.1 Å². The van der Waals surface area contributed by atoms with Gasteiger partial charge in [0.15, 0.2) is 0 Å². The minimum absolute atomic E-state index is 0.00797. The third-order valence-electron chi connectivity index (χ3n) is 3.95. The molecule has 0 heterocycles. The lowest BCUT2D eigenvalue weighted by atomic mass is 9.93. The third kappa shape index (κ3) is 3.51. The number of hydrogen-bond acceptors (Lipinski definition) is 3. The van der Waals surface area contributed by atoms with Crippen LogP contribution in [0.5, 0.6) is 5.75 Å². The topological polar surface area (TPSA) is 49.8 Å². The number of nitrogens with zero attached hydrogens (tertiary/aromatic N) is 1. The molecular weight excluding hydrogens is 254 g/mol. The number of ether oxygens (including phenoxy) is 1. The highest BCUT2D eigenvalue weighted by Gasteiger charge is 2.25. The zero-order chi connectivity index (χ0) is 14.4. The highest BCUT2D eigenvalue weighted by atomic mass is 16.5. The van der Waals surface area contributed by atoms with Crippen molar-refractivity contribution < 1.29 is 14.6 Å². The van der Waals surface area contributed by atoms with Crippen molar-refractivity contribution in [2.24, 2.45) is 0 Å². The zero-order valence-electron chi connectivity index (χ0n) is 12.0. The van der Waals surface area contributed by atoms with Gasteiger partial charge in [-0.1, -0.05) is 19.3 Å². The summed E-state index contributed by atoms with van der Waals surface area (Å²) < 4.78 is 5.11. The van der Waals surface area contributed by atoms with Crippen LogP contribution in [-0.2, 0) is 0 Å². The monoisotopic (exact) mass is 277 g/mol. The fourth-order valence-corrected chi connectivity index (χ4v) is 2.85. The van der Waals surface area contributed by atoms with E-state index in [1.807, 2.05) is 4.90 Å². The van der Waals surface area contributed by atoms with Crippen molar-refractivity contribution in [1.29, 1.82) is 0 Å². The molecule has 0 radical (unpaired) electrons. The number of methoxy groups -OCH3 is 1. The summed E-state index contributed by atoms with van der Waals surface area (Å²) in [5.41, 5.74) is 0.657. The second kappa shape index (κ2) is 7.29. The van der Waals surface area contributed by atoms with Crippen molar-refractivity contribution in [1.82, 2.24) is 4.90 Å². The normalized spacial score (nSPS) is 15.9. The number of aliphatic hydroxyl groups excluding tert-OH is 1. The first kappa shape index (κ1) is 14.9. The van der Waals surface area contributed by atoms with E-state index in [1.165, 1.54) is 19.3 Å². The van der Waals surface area contributed by atoms with Gasteiger partial charge in [-0.05, 0) is 37.1 Å². The fourth-order valence-electron chi connectivity index (χ4n) is 2.85. The lowest BCUT2D eigenvalue weighted by Crippen LogP contribution is -2.43. The molecule has 110 valence electrons. The summed E-state index contributed by atoms with van der Waals surface area (Å²) in [4.78, 5) is 14.4. The molecule has 1 aliphatic carbocycles. The lowest BCUT2D eigenvalue weighted by Gasteiger charge is -2.34. The van der Waals surface area contributed by atoms with Crippen LogP contribution in [0.25, 0.3) is 0 Å². The Morgan fingerprint density at radius 1 is 1.25 bits per heavy atom. The van der Waals surface area contributed by atoms with Crippen LogP contribution in [-0.4, -0.2) is 42.2 Å². The van der Waals surface area contributed by atoms with E-state index in [9.17, 15) is 9.90 Å². The zero-order valence-corrected chi connectivity index (χ0v) is 12.0. The van der Waals surface area contributed by atoms with Gasteiger partial charge in [0.1, 0.15) is 5.75 Å². The van der Waals surface area contributed by atoms with E-state index in [1.54, 1.807) is 31.4 Å². The maximum absolute atomic E-state index is 12.6. The molecule has 1 fully saturated rings. The Kier molecular flexibility index (Phi) is 5.41. The fraction of sp³-hybridized carbons (Fsp3) is 0.562. The molecule has 1 aromatic carbocycles. The van der Waals surface area contributed by atoms with Crippen LogP contribution in [0.15, 0.2) is 24.3 Å². The molecule has 1 saturated carbocycles. The number of carbonyl (C=O) groups excluding carboxylic acids is 1. The van der Waals surface area contributed by atoms with Crippen LogP contribution in [0.1, 0.15) is 42.5 Å². The van der Waals surface area contributed by atoms with E-state index in [2.05, 4.69) is 0 Å². The molecule has 0 saturated heterocycles. The molecule has 0 aliphatic heterocycles. The van der Waals surface area contributed by atoms with Crippen LogP contribution in [0.2, 0.25) is 0 Å². The van der Waals surface area contributed by atoms with Gasteiger partial charge in [0.05, 0.1) is 13.7 Å². The van der Waals surface area contributed by atoms with Crippen molar-refractivity contribution in [3.8, 4) is 5.75 Å². The van der Waals surface area contributed by atoms with Crippen LogP contribution >= 0.6 is 0 Å². The Morgan fingerprint density at radius 3 is 2.45 bits per heavy atom. The van der Waals surface area contributed by atoms with Crippen LogP contribution < -0.4 is 4.74 Å². The van der Waals surface area contributed by atoms with Crippen LogP contribution in [0.3, 0.4) is 0 Å². The van der Waals surface area contributed by atoms with E-state index in [0.29, 0.717) is 12.1 Å². The number of amides is 1. The highest BCUT2D eigenvalue weighted by molar-refractivity contribution is 5.94. The first-order chi connectivity index (χ1) is 9.76. The molecule has 0 atom stereocenters. The second-order valence-electron chi connectivity index (χ2n) is 5.24. The Balaban J connectivity index is 2.12. The summed E-state index contributed by atoms with van der Waals surface area (Å²) >= 11 is 0. The van der Waals surface area contributed by atoms with E-state index < -0.39 is 0 Å². The maximum atomic E-state index is 12.6. The summed E-state index contributed by atoms with van der Waals surface area (Å²) in [6.07, 6.45) is 5.68. The first-order valence-corrected chi connectivity index (χ1v) is 7.32. The molecule has 1 aliphatic rings. The van der Waals surface area contributed by atoms with Crippen molar-refractivity contribution in [2.75, 3.05) is 20.3 Å². The second-order valence-corrected chi connectivity index (χ2v) is 5.24. The lowest BCUT2D eigenvalue weighted by molar-refractivity contribution is 0.0585. The number of benzene rings is 1. The van der Waals surface area contributed by atoms with Gasteiger partial charge >= 0.3 is 0 Å². The number of hydrogen-bond donors (Lipinski definition) is 1. The molecule has 0 unspecified atom stereocenters. The van der Waals surface area contributed by atoms with Gasteiger partial charge < -0.3 is 14.7 Å². The van der Waals surface area contributed by atoms with E-state index in [0.717, 1.165) is 18.6 Å². The van der Waals surface area contributed by atoms with Gasteiger partial charge in [0.2, 0.25) is 0 Å². The molecule has 0 bridgehead atoms. The number of carbonyl (C=O) groups is 1. The van der Waals surface area contributed by atoms with Gasteiger partial charge in [-0.15, -0.1) is 0 Å². The molecule has 20 heavy (non-hydrogen) atoms. The van der Waals surface area contributed by atoms with Crippen LogP contribution in [0, 0.1) is 0 Å². The minimum Gasteiger partial charge on any atom is -0.497 e. The summed E-state index contributed by atoms with van der Waals surface area (Å²) in [7, 11) is 1.61. The Hall–Kier alpha value is -1.55. The highest BCUT2D eigenvalue weighted by Crippen LogP contribution is 2.24. The number of aliphatic hydroxyl groups is 1. The minimum atomic E-state index is 0.00797. The van der Waals surface area contributed by atoms with Gasteiger partial charge in [-0.3, -0.25) is 4.79 Å². The SMILES string of the molecule is COc1ccc(C(=O)N(CCO)C2CCCCC2)cc1.